The zero-order valence-corrected chi connectivity index (χ0v) is 14.1. The molecule has 0 unspecified atom stereocenters. The van der Waals surface area contributed by atoms with Gasteiger partial charge in [-0.3, -0.25) is 9.59 Å². The minimum absolute atomic E-state index is 0.129. The summed E-state index contributed by atoms with van der Waals surface area (Å²) in [4.78, 5) is 23.6. The normalized spacial score (nSPS) is 12.5. The second kappa shape index (κ2) is 11.5. The lowest BCUT2D eigenvalue weighted by molar-refractivity contribution is -0.151. The molecular formula is C16H31NO4. The second-order valence-electron chi connectivity index (χ2n) is 5.78. The van der Waals surface area contributed by atoms with Gasteiger partial charge in [-0.1, -0.05) is 19.8 Å². The van der Waals surface area contributed by atoms with E-state index in [4.69, 9.17) is 9.47 Å². The number of rotatable bonds is 11. The van der Waals surface area contributed by atoms with Crippen LogP contribution in [0.5, 0.6) is 0 Å². The smallest absolute Gasteiger partial charge is 0.323 e. The van der Waals surface area contributed by atoms with Gasteiger partial charge in [0.2, 0.25) is 0 Å². The van der Waals surface area contributed by atoms with Crippen LogP contribution in [0.25, 0.3) is 0 Å². The van der Waals surface area contributed by atoms with Gasteiger partial charge in [0.25, 0.3) is 0 Å². The van der Waals surface area contributed by atoms with Crippen molar-refractivity contribution in [3.05, 3.63) is 0 Å². The van der Waals surface area contributed by atoms with E-state index in [-0.39, 0.29) is 30.6 Å². The predicted octanol–water partition coefficient (Wildman–Crippen LogP) is 2.82. The van der Waals surface area contributed by atoms with E-state index in [1.54, 1.807) is 0 Å². The van der Waals surface area contributed by atoms with Gasteiger partial charge in [-0.05, 0) is 47.1 Å². The lowest BCUT2D eigenvalue weighted by Gasteiger charge is -2.19. The summed E-state index contributed by atoms with van der Waals surface area (Å²) in [5.74, 6) is -0.568. The van der Waals surface area contributed by atoms with Crippen molar-refractivity contribution in [3.63, 3.8) is 0 Å². The van der Waals surface area contributed by atoms with Crippen LogP contribution < -0.4 is 5.32 Å². The van der Waals surface area contributed by atoms with Gasteiger partial charge < -0.3 is 14.8 Å². The van der Waals surface area contributed by atoms with Crippen molar-refractivity contribution in [2.75, 3.05) is 6.54 Å². The van der Waals surface area contributed by atoms with Crippen molar-refractivity contribution in [2.24, 2.45) is 0 Å². The third kappa shape index (κ3) is 11.3. The van der Waals surface area contributed by atoms with E-state index >= 15 is 0 Å². The Balaban J connectivity index is 4.29. The fourth-order valence-electron chi connectivity index (χ4n) is 1.85. The van der Waals surface area contributed by atoms with Crippen molar-refractivity contribution in [3.8, 4) is 0 Å². The fraction of sp³-hybridized carbons (Fsp3) is 0.875. The standard InChI is InChI=1S/C16H31NO4/c1-6-7-8-11-17-14(16(19)21-13(4)5)9-10-15(18)20-12(2)3/h12-14,17H,6-11H2,1-5H3/t14-/m0/s1. The van der Waals surface area contributed by atoms with Gasteiger partial charge in [0.1, 0.15) is 6.04 Å². The SMILES string of the molecule is CCCCCN[C@@H](CCC(=O)OC(C)C)C(=O)OC(C)C. The van der Waals surface area contributed by atoms with Gasteiger partial charge in [-0.25, -0.2) is 0 Å². The van der Waals surface area contributed by atoms with Crippen molar-refractivity contribution in [1.82, 2.24) is 5.32 Å². The fourth-order valence-corrected chi connectivity index (χ4v) is 1.85. The summed E-state index contributed by atoms with van der Waals surface area (Å²) >= 11 is 0. The van der Waals surface area contributed by atoms with Crippen LogP contribution in [0, 0.1) is 0 Å². The maximum absolute atomic E-state index is 12.0. The zero-order chi connectivity index (χ0) is 16.3. The second-order valence-corrected chi connectivity index (χ2v) is 5.78. The number of hydrogen-bond donors (Lipinski definition) is 1. The first-order chi connectivity index (χ1) is 9.86. The van der Waals surface area contributed by atoms with Crippen LogP contribution in [-0.4, -0.2) is 36.7 Å². The molecule has 0 saturated carbocycles. The van der Waals surface area contributed by atoms with E-state index in [1.807, 2.05) is 27.7 Å². The highest BCUT2D eigenvalue weighted by molar-refractivity contribution is 5.77. The lowest BCUT2D eigenvalue weighted by Crippen LogP contribution is -2.40. The van der Waals surface area contributed by atoms with E-state index in [0.29, 0.717) is 6.42 Å². The van der Waals surface area contributed by atoms with E-state index in [0.717, 1.165) is 25.8 Å². The summed E-state index contributed by atoms with van der Waals surface area (Å²) in [6.45, 7) is 10.1. The Morgan fingerprint density at radius 2 is 1.62 bits per heavy atom. The summed E-state index contributed by atoms with van der Waals surface area (Å²) < 4.78 is 10.3. The maximum Gasteiger partial charge on any atom is 0.323 e. The summed E-state index contributed by atoms with van der Waals surface area (Å²) in [7, 11) is 0. The number of ether oxygens (including phenoxy) is 2. The molecule has 0 bridgehead atoms. The Labute approximate surface area is 128 Å². The molecule has 0 fully saturated rings. The summed E-state index contributed by atoms with van der Waals surface area (Å²) in [6, 6.07) is -0.441. The minimum atomic E-state index is -0.441. The first kappa shape index (κ1) is 19.9. The molecule has 0 radical (unpaired) electrons. The lowest BCUT2D eigenvalue weighted by atomic mass is 10.1. The summed E-state index contributed by atoms with van der Waals surface area (Å²) in [5, 5.41) is 3.19. The molecule has 0 aliphatic rings. The Morgan fingerprint density at radius 3 is 2.14 bits per heavy atom. The zero-order valence-electron chi connectivity index (χ0n) is 14.1. The number of nitrogens with one attached hydrogen (secondary N) is 1. The average molecular weight is 301 g/mol. The number of carbonyl (C=O) groups is 2. The third-order valence-corrected chi connectivity index (χ3v) is 2.81. The van der Waals surface area contributed by atoms with Gasteiger partial charge in [0, 0.05) is 6.42 Å². The predicted molar refractivity (Wildman–Crippen MR) is 83.0 cm³/mol. The van der Waals surface area contributed by atoms with Crippen molar-refractivity contribution >= 4 is 11.9 Å². The van der Waals surface area contributed by atoms with E-state index in [2.05, 4.69) is 12.2 Å². The van der Waals surface area contributed by atoms with Crippen molar-refractivity contribution in [2.45, 2.75) is 85.0 Å². The van der Waals surface area contributed by atoms with Gasteiger partial charge in [-0.15, -0.1) is 0 Å². The highest BCUT2D eigenvalue weighted by atomic mass is 16.5. The Kier molecular flexibility index (Phi) is 10.9. The molecule has 5 nitrogen and oxygen atoms in total. The van der Waals surface area contributed by atoms with Crippen LogP contribution in [0.15, 0.2) is 0 Å². The quantitative estimate of drug-likeness (QED) is 0.469. The molecule has 0 heterocycles. The van der Waals surface area contributed by atoms with Crippen molar-refractivity contribution < 1.29 is 19.1 Å². The number of hydrogen-bond acceptors (Lipinski definition) is 5. The van der Waals surface area contributed by atoms with E-state index < -0.39 is 6.04 Å². The molecule has 21 heavy (non-hydrogen) atoms. The molecule has 5 heteroatoms. The first-order valence-electron chi connectivity index (χ1n) is 8.00. The van der Waals surface area contributed by atoms with Crippen LogP contribution in [0.2, 0.25) is 0 Å². The number of carbonyl (C=O) groups excluding carboxylic acids is 2. The molecule has 0 rings (SSSR count). The van der Waals surface area contributed by atoms with Crippen LogP contribution in [0.1, 0.15) is 66.7 Å². The Bertz CT molecular complexity index is 303. The van der Waals surface area contributed by atoms with Crippen molar-refractivity contribution in [1.29, 1.82) is 0 Å². The molecule has 0 aromatic carbocycles. The molecule has 124 valence electrons. The van der Waals surface area contributed by atoms with Gasteiger partial charge in [-0.2, -0.15) is 0 Å². The molecule has 0 aliphatic carbocycles. The topological polar surface area (TPSA) is 64.6 Å². The molecule has 0 aromatic heterocycles. The molecule has 0 saturated heterocycles. The number of esters is 2. The molecule has 1 N–H and O–H groups in total. The average Bonchev–Trinajstić information content (AvgIpc) is 2.36. The summed E-state index contributed by atoms with van der Waals surface area (Å²) in [6.07, 6.45) is 3.60. The minimum Gasteiger partial charge on any atom is -0.463 e. The van der Waals surface area contributed by atoms with Gasteiger partial charge in [0.05, 0.1) is 12.2 Å². The van der Waals surface area contributed by atoms with E-state index in [1.165, 1.54) is 0 Å². The number of unbranched alkanes of at least 4 members (excludes halogenated alkanes) is 2. The van der Waals surface area contributed by atoms with Gasteiger partial charge in [0.15, 0.2) is 0 Å². The molecule has 0 aromatic rings. The summed E-state index contributed by atoms with van der Waals surface area (Å²) in [5.41, 5.74) is 0. The highest BCUT2D eigenvalue weighted by Gasteiger charge is 2.22. The maximum atomic E-state index is 12.0. The van der Waals surface area contributed by atoms with Crippen LogP contribution in [-0.2, 0) is 19.1 Å². The van der Waals surface area contributed by atoms with Crippen LogP contribution >= 0.6 is 0 Å². The first-order valence-corrected chi connectivity index (χ1v) is 8.00. The Hall–Kier alpha value is -1.10. The highest BCUT2D eigenvalue weighted by Crippen LogP contribution is 2.06. The molecule has 0 spiro atoms. The molecule has 0 amide bonds. The largest absolute Gasteiger partial charge is 0.463 e. The monoisotopic (exact) mass is 301 g/mol. The van der Waals surface area contributed by atoms with Gasteiger partial charge >= 0.3 is 11.9 Å². The Morgan fingerprint density at radius 1 is 1.00 bits per heavy atom. The molecule has 0 aliphatic heterocycles. The van der Waals surface area contributed by atoms with Crippen LogP contribution in [0.4, 0.5) is 0 Å². The van der Waals surface area contributed by atoms with Crippen LogP contribution in [0.3, 0.4) is 0 Å². The molecule has 1 atom stereocenters. The van der Waals surface area contributed by atoms with E-state index in [9.17, 15) is 9.59 Å². The third-order valence-electron chi connectivity index (χ3n) is 2.81. The molecular weight excluding hydrogens is 270 g/mol.